The van der Waals surface area contributed by atoms with Gasteiger partial charge in [0.05, 0.1) is 16.1 Å². The molecule has 25 heavy (non-hydrogen) atoms. The van der Waals surface area contributed by atoms with E-state index < -0.39 is 0 Å². The molecule has 7 heteroatoms. The van der Waals surface area contributed by atoms with E-state index in [9.17, 15) is 9.59 Å². The van der Waals surface area contributed by atoms with Gasteiger partial charge in [-0.3, -0.25) is 14.6 Å². The normalized spacial score (nSPS) is 15.0. The van der Waals surface area contributed by atoms with E-state index in [0.717, 1.165) is 0 Å². The zero-order valence-corrected chi connectivity index (χ0v) is 14.9. The van der Waals surface area contributed by atoms with Gasteiger partial charge in [-0.05, 0) is 43.2 Å². The molecule has 1 aromatic carbocycles. The van der Waals surface area contributed by atoms with E-state index in [2.05, 4.69) is 10.3 Å². The van der Waals surface area contributed by atoms with Gasteiger partial charge < -0.3 is 10.2 Å². The summed E-state index contributed by atoms with van der Waals surface area (Å²) in [5.41, 5.74) is 0.943. The maximum Gasteiger partial charge on any atom is 0.255 e. The SMILES string of the molecule is O=C(NC1CCN(C(=O)c2cc(Cl)ccc2Cl)CC1)c1cccnc1. The van der Waals surface area contributed by atoms with Crippen LogP contribution in [0.5, 0.6) is 0 Å². The summed E-state index contributed by atoms with van der Waals surface area (Å²) < 4.78 is 0. The first kappa shape index (κ1) is 17.7. The Morgan fingerprint density at radius 2 is 1.92 bits per heavy atom. The lowest BCUT2D eigenvalue weighted by atomic mass is 10.0. The van der Waals surface area contributed by atoms with Crippen molar-refractivity contribution < 1.29 is 9.59 Å². The summed E-state index contributed by atoms with van der Waals surface area (Å²) >= 11 is 12.1. The number of hydrogen-bond acceptors (Lipinski definition) is 3. The quantitative estimate of drug-likeness (QED) is 0.890. The highest BCUT2D eigenvalue weighted by molar-refractivity contribution is 6.35. The molecule has 1 fully saturated rings. The van der Waals surface area contributed by atoms with Crippen molar-refractivity contribution in [2.75, 3.05) is 13.1 Å². The predicted molar refractivity (Wildman–Crippen MR) is 97.1 cm³/mol. The van der Waals surface area contributed by atoms with Crippen molar-refractivity contribution in [3.05, 3.63) is 63.9 Å². The second kappa shape index (κ2) is 7.85. The fraction of sp³-hybridized carbons (Fsp3) is 0.278. The lowest BCUT2D eigenvalue weighted by molar-refractivity contribution is 0.0698. The Labute approximate surface area is 155 Å². The number of nitrogens with one attached hydrogen (secondary N) is 1. The van der Waals surface area contributed by atoms with Gasteiger partial charge in [0, 0.05) is 36.5 Å². The van der Waals surface area contributed by atoms with Crippen molar-refractivity contribution in [1.82, 2.24) is 15.2 Å². The fourth-order valence-corrected chi connectivity index (χ4v) is 3.19. The molecule has 1 N–H and O–H groups in total. The maximum atomic E-state index is 12.6. The van der Waals surface area contributed by atoms with Crippen LogP contribution in [-0.2, 0) is 0 Å². The number of amides is 2. The maximum absolute atomic E-state index is 12.6. The molecule has 0 spiro atoms. The summed E-state index contributed by atoms with van der Waals surface area (Å²) in [6, 6.07) is 8.35. The number of rotatable bonds is 3. The van der Waals surface area contributed by atoms with Crippen LogP contribution in [0, 0.1) is 0 Å². The average molecular weight is 378 g/mol. The third kappa shape index (κ3) is 4.30. The third-order valence-corrected chi connectivity index (χ3v) is 4.76. The standard InChI is InChI=1S/C18H17Cl2N3O2/c19-13-3-4-16(20)15(10-13)18(25)23-8-5-14(6-9-23)22-17(24)12-2-1-7-21-11-12/h1-4,7,10-11,14H,5-6,8-9H2,(H,22,24). The van der Waals surface area contributed by atoms with Gasteiger partial charge in [-0.25, -0.2) is 0 Å². The molecule has 0 saturated carbocycles. The summed E-state index contributed by atoms with van der Waals surface area (Å²) in [5.74, 6) is -0.278. The van der Waals surface area contributed by atoms with E-state index in [1.165, 1.54) is 6.20 Å². The molecule has 0 radical (unpaired) electrons. The van der Waals surface area contributed by atoms with Gasteiger partial charge in [-0.15, -0.1) is 0 Å². The van der Waals surface area contributed by atoms with Crippen LogP contribution in [0.2, 0.25) is 10.0 Å². The summed E-state index contributed by atoms with van der Waals surface area (Å²) in [4.78, 5) is 30.5. The molecule has 130 valence electrons. The van der Waals surface area contributed by atoms with Gasteiger partial charge in [0.25, 0.3) is 11.8 Å². The van der Waals surface area contributed by atoms with Crippen molar-refractivity contribution in [3.8, 4) is 0 Å². The van der Waals surface area contributed by atoms with Crippen LogP contribution in [0.25, 0.3) is 0 Å². The van der Waals surface area contributed by atoms with Crippen molar-refractivity contribution in [2.24, 2.45) is 0 Å². The predicted octanol–water partition coefficient (Wildman–Crippen LogP) is 3.42. The van der Waals surface area contributed by atoms with E-state index in [0.29, 0.717) is 47.1 Å². The number of aromatic nitrogens is 1. The molecule has 1 saturated heterocycles. The van der Waals surface area contributed by atoms with E-state index >= 15 is 0 Å². The van der Waals surface area contributed by atoms with Crippen LogP contribution < -0.4 is 5.32 Å². The Morgan fingerprint density at radius 1 is 1.16 bits per heavy atom. The Morgan fingerprint density at radius 3 is 2.60 bits per heavy atom. The van der Waals surface area contributed by atoms with Crippen molar-refractivity contribution >= 4 is 35.0 Å². The number of benzene rings is 1. The molecule has 1 aromatic heterocycles. The number of piperidine rings is 1. The molecule has 2 amide bonds. The van der Waals surface area contributed by atoms with Crippen LogP contribution in [-0.4, -0.2) is 40.8 Å². The Balaban J connectivity index is 1.57. The molecule has 2 aromatic rings. The Kier molecular flexibility index (Phi) is 5.56. The molecule has 0 atom stereocenters. The monoisotopic (exact) mass is 377 g/mol. The van der Waals surface area contributed by atoms with E-state index in [-0.39, 0.29) is 17.9 Å². The molecule has 3 rings (SSSR count). The Hall–Kier alpha value is -2.11. The first-order valence-corrected chi connectivity index (χ1v) is 8.75. The minimum absolute atomic E-state index is 0.0339. The number of halogens is 2. The number of hydrogen-bond donors (Lipinski definition) is 1. The van der Waals surface area contributed by atoms with Crippen LogP contribution in [0.4, 0.5) is 0 Å². The lowest BCUT2D eigenvalue weighted by Gasteiger charge is -2.32. The first-order chi connectivity index (χ1) is 12.0. The van der Waals surface area contributed by atoms with Crippen molar-refractivity contribution in [3.63, 3.8) is 0 Å². The minimum Gasteiger partial charge on any atom is -0.349 e. The third-order valence-electron chi connectivity index (χ3n) is 4.20. The smallest absolute Gasteiger partial charge is 0.255 e. The molecule has 2 heterocycles. The summed E-state index contributed by atoms with van der Waals surface area (Å²) in [7, 11) is 0. The van der Waals surface area contributed by atoms with Gasteiger partial charge in [-0.2, -0.15) is 0 Å². The molecule has 5 nitrogen and oxygen atoms in total. The summed E-state index contributed by atoms with van der Waals surface area (Å²) in [6.45, 7) is 1.11. The van der Waals surface area contributed by atoms with Crippen LogP contribution in [0.1, 0.15) is 33.6 Å². The van der Waals surface area contributed by atoms with Gasteiger partial charge in [0.15, 0.2) is 0 Å². The zero-order chi connectivity index (χ0) is 17.8. The molecular weight excluding hydrogens is 361 g/mol. The number of nitrogens with zero attached hydrogens (tertiary/aromatic N) is 2. The van der Waals surface area contributed by atoms with Gasteiger partial charge >= 0.3 is 0 Å². The van der Waals surface area contributed by atoms with Gasteiger partial charge in [-0.1, -0.05) is 23.2 Å². The van der Waals surface area contributed by atoms with Crippen molar-refractivity contribution in [2.45, 2.75) is 18.9 Å². The second-order valence-electron chi connectivity index (χ2n) is 5.91. The number of carbonyl (C=O) groups excluding carboxylic acids is 2. The largest absolute Gasteiger partial charge is 0.349 e. The molecular formula is C18H17Cl2N3O2. The zero-order valence-electron chi connectivity index (χ0n) is 13.4. The highest BCUT2D eigenvalue weighted by Crippen LogP contribution is 2.23. The van der Waals surface area contributed by atoms with Crippen molar-refractivity contribution in [1.29, 1.82) is 0 Å². The second-order valence-corrected chi connectivity index (χ2v) is 6.75. The van der Waals surface area contributed by atoms with Crippen LogP contribution in [0.15, 0.2) is 42.7 Å². The number of pyridine rings is 1. The summed E-state index contributed by atoms with van der Waals surface area (Å²) in [5, 5.41) is 3.86. The highest BCUT2D eigenvalue weighted by atomic mass is 35.5. The first-order valence-electron chi connectivity index (χ1n) is 8.00. The minimum atomic E-state index is -0.143. The number of likely N-dealkylation sites (tertiary alicyclic amines) is 1. The highest BCUT2D eigenvalue weighted by Gasteiger charge is 2.26. The van der Waals surface area contributed by atoms with E-state index in [1.54, 1.807) is 41.4 Å². The molecule has 1 aliphatic rings. The lowest BCUT2D eigenvalue weighted by Crippen LogP contribution is -2.46. The topological polar surface area (TPSA) is 62.3 Å². The van der Waals surface area contributed by atoms with Crippen LogP contribution >= 0.6 is 23.2 Å². The molecule has 0 bridgehead atoms. The fourth-order valence-electron chi connectivity index (χ4n) is 2.82. The van der Waals surface area contributed by atoms with Crippen LogP contribution in [0.3, 0.4) is 0 Å². The number of carbonyl (C=O) groups is 2. The molecule has 0 aliphatic carbocycles. The van der Waals surface area contributed by atoms with E-state index in [1.807, 2.05) is 0 Å². The van der Waals surface area contributed by atoms with Gasteiger partial charge in [0.2, 0.25) is 0 Å². The van der Waals surface area contributed by atoms with Gasteiger partial charge in [0.1, 0.15) is 0 Å². The van der Waals surface area contributed by atoms with E-state index in [4.69, 9.17) is 23.2 Å². The molecule has 0 unspecified atom stereocenters. The molecule has 1 aliphatic heterocycles. The Bertz CT molecular complexity index is 775. The summed E-state index contributed by atoms with van der Waals surface area (Å²) in [6.07, 6.45) is 4.54. The average Bonchev–Trinajstić information content (AvgIpc) is 2.64.